The third-order valence-electron chi connectivity index (χ3n) is 8.34. The Balaban J connectivity index is 1.83. The maximum atomic E-state index is 13.9. The third kappa shape index (κ3) is 7.20. The minimum absolute atomic E-state index is 0.0282. The highest BCUT2D eigenvalue weighted by molar-refractivity contribution is 6.37. The smallest absolute Gasteiger partial charge is 0.408 e. The Hall–Kier alpha value is -3.42. The van der Waals surface area contributed by atoms with Crippen molar-refractivity contribution in [3.63, 3.8) is 0 Å². The van der Waals surface area contributed by atoms with Crippen LogP contribution in [0.15, 0.2) is 0 Å². The van der Waals surface area contributed by atoms with Crippen molar-refractivity contribution >= 4 is 35.4 Å². The number of piperidine rings is 1. The summed E-state index contributed by atoms with van der Waals surface area (Å²) in [4.78, 5) is 78.0. The Morgan fingerprint density at radius 1 is 1.07 bits per heavy atom. The molecule has 0 aromatic rings. The summed E-state index contributed by atoms with van der Waals surface area (Å²) in [7, 11) is 0. The van der Waals surface area contributed by atoms with Crippen LogP contribution in [0.2, 0.25) is 0 Å². The maximum absolute atomic E-state index is 13.9. The number of alkyl carbamates (subject to hydrolysis) is 1. The van der Waals surface area contributed by atoms with Crippen LogP contribution < -0.4 is 16.4 Å². The molecule has 0 radical (unpaired) electrons. The minimum Gasteiger partial charge on any atom is -0.444 e. The van der Waals surface area contributed by atoms with E-state index < -0.39 is 53.3 Å². The number of ether oxygens (including phenoxy) is 1. The molecule has 0 aromatic heterocycles. The Labute approximate surface area is 235 Å². The first-order valence-electron chi connectivity index (χ1n) is 14.0. The highest BCUT2D eigenvalue weighted by atomic mass is 16.6. The summed E-state index contributed by atoms with van der Waals surface area (Å²) in [6.45, 7) is 10.9. The van der Waals surface area contributed by atoms with Crippen molar-refractivity contribution in [3.05, 3.63) is 0 Å². The molecule has 1 heterocycles. The molecule has 3 aliphatic rings. The standard InChI is InChI=1S/C29H42N4O7/c1-7-9-17(34)12-13-19(32-27(39)40-28(2,3)4)26(38)33-15-18-21(29(18,5)6)22(33)25(37)31-20(23(35)24(30)36)14-16-10-8-11-16/h16,18-22H,8,10-15H2,1-6H3,(H2,30,36)(H,31,37)(H,32,39)/t18?,19-,20?,21?,22-/m0/s1. The molecule has 0 spiro atoms. The van der Waals surface area contributed by atoms with Gasteiger partial charge in [-0.25, -0.2) is 4.79 Å². The SMILES string of the molecule is CC#CC(=O)CC[C@H](NC(=O)OC(C)(C)C)C(=O)N1CC2C([C@H]1C(=O)NC(CC1CCC1)C(=O)C(N)=O)C2(C)C. The summed E-state index contributed by atoms with van der Waals surface area (Å²) in [5.41, 5.74) is 4.25. The van der Waals surface area contributed by atoms with E-state index in [0.717, 1.165) is 19.3 Å². The molecule has 4 amide bonds. The number of ketones is 2. The van der Waals surface area contributed by atoms with Crippen molar-refractivity contribution in [1.82, 2.24) is 15.5 Å². The molecule has 3 fully saturated rings. The van der Waals surface area contributed by atoms with E-state index in [1.807, 2.05) is 13.8 Å². The van der Waals surface area contributed by atoms with Crippen molar-refractivity contribution < 1.29 is 33.5 Å². The van der Waals surface area contributed by atoms with Crippen molar-refractivity contribution in [1.29, 1.82) is 0 Å². The largest absolute Gasteiger partial charge is 0.444 e. The lowest BCUT2D eigenvalue weighted by Gasteiger charge is -2.34. The summed E-state index contributed by atoms with van der Waals surface area (Å²) >= 11 is 0. The Kier molecular flexibility index (Phi) is 9.32. The topological polar surface area (TPSA) is 165 Å². The third-order valence-corrected chi connectivity index (χ3v) is 8.34. The molecule has 1 saturated heterocycles. The molecule has 5 atom stereocenters. The van der Waals surface area contributed by atoms with Crippen LogP contribution in [-0.2, 0) is 28.7 Å². The van der Waals surface area contributed by atoms with Crippen LogP contribution in [0.3, 0.4) is 0 Å². The number of carbonyl (C=O) groups excluding carboxylic acids is 6. The highest BCUT2D eigenvalue weighted by Gasteiger charge is 2.69. The second-order valence-electron chi connectivity index (χ2n) is 12.7. The van der Waals surface area contributed by atoms with Crippen LogP contribution in [0.1, 0.15) is 80.1 Å². The first kappa shape index (κ1) is 31.1. The number of rotatable bonds is 11. The molecule has 3 rings (SSSR count). The number of nitrogens with two attached hydrogens (primary N) is 1. The van der Waals surface area contributed by atoms with E-state index >= 15 is 0 Å². The molecule has 2 saturated carbocycles. The van der Waals surface area contributed by atoms with E-state index in [4.69, 9.17) is 10.5 Å². The van der Waals surface area contributed by atoms with Crippen LogP contribution in [0, 0.1) is 35.0 Å². The van der Waals surface area contributed by atoms with Gasteiger partial charge in [-0.3, -0.25) is 24.0 Å². The van der Waals surface area contributed by atoms with Crippen LogP contribution in [0.5, 0.6) is 0 Å². The van der Waals surface area contributed by atoms with Gasteiger partial charge in [-0.05, 0) is 69.6 Å². The minimum atomic E-state index is -1.13. The number of fused-ring (bicyclic) bond motifs is 1. The van der Waals surface area contributed by atoms with Gasteiger partial charge in [-0.2, -0.15) is 0 Å². The van der Waals surface area contributed by atoms with Gasteiger partial charge >= 0.3 is 6.09 Å². The molecule has 0 aromatic carbocycles. The number of nitrogens with one attached hydrogen (secondary N) is 2. The molecule has 2 aliphatic carbocycles. The zero-order valence-electron chi connectivity index (χ0n) is 24.3. The first-order chi connectivity index (χ1) is 18.6. The summed E-state index contributed by atoms with van der Waals surface area (Å²) in [6.07, 6.45) is 2.23. The highest BCUT2D eigenvalue weighted by Crippen LogP contribution is 2.65. The zero-order valence-corrected chi connectivity index (χ0v) is 24.3. The van der Waals surface area contributed by atoms with Crippen molar-refractivity contribution in [2.75, 3.05) is 6.54 Å². The second kappa shape index (κ2) is 12.0. The fraction of sp³-hybridized carbons (Fsp3) is 0.724. The number of Topliss-reactive ketones (excluding diaryl/α,β-unsaturated/α-hetero) is 2. The zero-order chi connectivity index (χ0) is 30.0. The van der Waals surface area contributed by atoms with E-state index in [1.54, 1.807) is 20.8 Å². The average Bonchev–Trinajstić information content (AvgIpc) is 3.14. The van der Waals surface area contributed by atoms with Gasteiger partial charge < -0.3 is 26.0 Å². The molecule has 11 heteroatoms. The van der Waals surface area contributed by atoms with Crippen LogP contribution in [0.4, 0.5) is 4.79 Å². The normalized spacial score (nSPS) is 24.2. The van der Waals surface area contributed by atoms with Crippen LogP contribution >= 0.6 is 0 Å². The summed E-state index contributed by atoms with van der Waals surface area (Å²) in [6, 6.07) is -3.10. The van der Waals surface area contributed by atoms with E-state index in [2.05, 4.69) is 22.5 Å². The van der Waals surface area contributed by atoms with Gasteiger partial charge in [0.05, 0.1) is 6.04 Å². The fourth-order valence-electron chi connectivity index (χ4n) is 5.92. The first-order valence-corrected chi connectivity index (χ1v) is 14.0. The summed E-state index contributed by atoms with van der Waals surface area (Å²) in [5.74, 6) is 1.63. The van der Waals surface area contributed by atoms with E-state index in [-0.39, 0.29) is 48.3 Å². The Morgan fingerprint density at radius 3 is 2.25 bits per heavy atom. The van der Waals surface area contributed by atoms with Crippen molar-refractivity contribution in [3.8, 4) is 11.8 Å². The van der Waals surface area contributed by atoms with E-state index in [1.165, 1.54) is 11.8 Å². The van der Waals surface area contributed by atoms with Crippen LogP contribution in [-0.4, -0.2) is 70.6 Å². The number of nitrogens with zero attached hydrogens (tertiary/aromatic N) is 1. The molecule has 3 unspecified atom stereocenters. The Morgan fingerprint density at radius 2 is 1.73 bits per heavy atom. The number of carbonyl (C=O) groups is 6. The predicted octanol–water partition coefficient (Wildman–Crippen LogP) is 1.46. The lowest BCUT2D eigenvalue weighted by atomic mass is 9.80. The van der Waals surface area contributed by atoms with Gasteiger partial charge in [0.25, 0.3) is 5.91 Å². The number of hydrogen-bond donors (Lipinski definition) is 3. The van der Waals surface area contributed by atoms with Crippen LogP contribution in [0.25, 0.3) is 0 Å². The quantitative estimate of drug-likeness (QED) is 0.196. The summed E-state index contributed by atoms with van der Waals surface area (Å²) < 4.78 is 5.33. The van der Waals surface area contributed by atoms with Gasteiger partial charge in [0.1, 0.15) is 17.7 Å². The number of primary amides is 1. The monoisotopic (exact) mass is 558 g/mol. The molecular weight excluding hydrogens is 516 g/mol. The van der Waals surface area contributed by atoms with Gasteiger partial charge in [0.15, 0.2) is 0 Å². The molecule has 40 heavy (non-hydrogen) atoms. The lowest BCUT2D eigenvalue weighted by Crippen LogP contribution is -2.58. The van der Waals surface area contributed by atoms with Gasteiger partial charge in [0, 0.05) is 13.0 Å². The predicted molar refractivity (Wildman–Crippen MR) is 145 cm³/mol. The second-order valence-corrected chi connectivity index (χ2v) is 12.7. The lowest BCUT2D eigenvalue weighted by molar-refractivity contribution is -0.144. The Bertz CT molecular complexity index is 1130. The molecule has 11 nitrogen and oxygen atoms in total. The average molecular weight is 559 g/mol. The summed E-state index contributed by atoms with van der Waals surface area (Å²) in [5, 5.41) is 5.30. The molecule has 4 N–H and O–H groups in total. The molecule has 0 bridgehead atoms. The number of likely N-dealkylation sites (tertiary alicyclic amines) is 1. The maximum Gasteiger partial charge on any atom is 0.408 e. The molecular formula is C29H42N4O7. The van der Waals surface area contributed by atoms with Crippen molar-refractivity contribution in [2.45, 2.75) is 104 Å². The van der Waals surface area contributed by atoms with Crippen molar-refractivity contribution in [2.24, 2.45) is 28.9 Å². The molecule has 1 aliphatic heterocycles. The molecule has 220 valence electrons. The number of hydrogen-bond acceptors (Lipinski definition) is 7. The van der Waals surface area contributed by atoms with E-state index in [0.29, 0.717) is 6.42 Å². The fourth-order valence-corrected chi connectivity index (χ4v) is 5.92. The number of amides is 4. The van der Waals surface area contributed by atoms with Gasteiger partial charge in [-0.15, -0.1) is 0 Å². The van der Waals surface area contributed by atoms with E-state index in [9.17, 15) is 28.8 Å². The van der Waals surface area contributed by atoms with Gasteiger partial charge in [0.2, 0.25) is 23.4 Å². The van der Waals surface area contributed by atoms with Gasteiger partial charge in [-0.1, -0.05) is 39.0 Å².